The molecule has 1 aromatic carbocycles. The van der Waals surface area contributed by atoms with Gasteiger partial charge in [-0.05, 0) is 38.5 Å². The molecular formula is C15H21BrN2O3. The molecule has 5 nitrogen and oxygen atoms in total. The maximum atomic E-state index is 12.4. The Morgan fingerprint density at radius 1 is 1.48 bits per heavy atom. The molecule has 1 aliphatic rings. The summed E-state index contributed by atoms with van der Waals surface area (Å²) in [7, 11) is 0. The number of anilines is 1. The zero-order valence-electron chi connectivity index (χ0n) is 12.6. The second kappa shape index (κ2) is 6.23. The van der Waals surface area contributed by atoms with Crippen LogP contribution in [0.15, 0.2) is 22.7 Å². The number of amides is 1. The lowest BCUT2D eigenvalue weighted by atomic mass is 10.0. The summed E-state index contributed by atoms with van der Waals surface area (Å²) in [4.78, 5) is 14.1. The predicted molar refractivity (Wildman–Crippen MR) is 85.1 cm³/mol. The molecule has 1 aromatic rings. The van der Waals surface area contributed by atoms with Gasteiger partial charge >= 0.3 is 6.09 Å². The van der Waals surface area contributed by atoms with Gasteiger partial charge in [0, 0.05) is 16.7 Å². The topological polar surface area (TPSA) is 64.8 Å². The Kier molecular flexibility index (Phi) is 4.78. The first-order valence-corrected chi connectivity index (χ1v) is 7.69. The number of carbonyl (C=O) groups is 1. The van der Waals surface area contributed by atoms with Gasteiger partial charge < -0.3 is 15.2 Å². The van der Waals surface area contributed by atoms with Crippen molar-refractivity contribution in [3.8, 4) is 0 Å². The number of hydrogen-bond acceptors (Lipinski definition) is 4. The number of morpholine rings is 1. The van der Waals surface area contributed by atoms with Gasteiger partial charge in [-0.25, -0.2) is 4.79 Å². The van der Waals surface area contributed by atoms with E-state index >= 15 is 0 Å². The molecule has 116 valence electrons. The van der Waals surface area contributed by atoms with Crippen LogP contribution in [0.4, 0.5) is 10.5 Å². The van der Waals surface area contributed by atoms with E-state index in [0.29, 0.717) is 25.4 Å². The Morgan fingerprint density at radius 2 is 2.19 bits per heavy atom. The fourth-order valence-electron chi connectivity index (χ4n) is 2.21. The van der Waals surface area contributed by atoms with Gasteiger partial charge in [0.05, 0.1) is 19.3 Å². The molecule has 0 unspecified atom stereocenters. The van der Waals surface area contributed by atoms with Crippen LogP contribution in [-0.4, -0.2) is 36.4 Å². The minimum absolute atomic E-state index is 0.177. The Bertz CT molecular complexity index is 528. The van der Waals surface area contributed by atoms with Crippen molar-refractivity contribution >= 4 is 27.7 Å². The quantitative estimate of drug-likeness (QED) is 0.783. The van der Waals surface area contributed by atoms with Crippen molar-refractivity contribution in [2.24, 2.45) is 0 Å². The number of ether oxygens (including phenoxy) is 2. The number of nitrogen functional groups attached to an aromatic ring is 1. The molecule has 0 bridgehead atoms. The van der Waals surface area contributed by atoms with E-state index < -0.39 is 5.60 Å². The molecule has 2 rings (SSSR count). The highest BCUT2D eigenvalue weighted by atomic mass is 79.9. The SMILES string of the molecule is CC(C)(C)OC(=O)N1CCOC[C@H]1c1ccc(N)cc1Br. The summed E-state index contributed by atoms with van der Waals surface area (Å²) < 4.78 is 11.9. The van der Waals surface area contributed by atoms with Gasteiger partial charge in [0.15, 0.2) is 0 Å². The van der Waals surface area contributed by atoms with Gasteiger partial charge in [-0.3, -0.25) is 4.90 Å². The van der Waals surface area contributed by atoms with Crippen LogP contribution in [0.3, 0.4) is 0 Å². The average molecular weight is 357 g/mol. The third-order valence-corrected chi connectivity index (χ3v) is 3.83. The van der Waals surface area contributed by atoms with E-state index in [1.807, 2.05) is 39.0 Å². The molecule has 0 saturated carbocycles. The van der Waals surface area contributed by atoms with E-state index in [1.54, 1.807) is 4.90 Å². The Balaban J connectivity index is 2.24. The Hall–Kier alpha value is -1.27. The predicted octanol–water partition coefficient (Wildman–Crippen LogP) is 3.34. The number of benzene rings is 1. The maximum Gasteiger partial charge on any atom is 0.410 e. The fourth-order valence-corrected chi connectivity index (χ4v) is 2.87. The van der Waals surface area contributed by atoms with E-state index in [9.17, 15) is 4.79 Å². The van der Waals surface area contributed by atoms with Gasteiger partial charge in [0.25, 0.3) is 0 Å². The molecule has 21 heavy (non-hydrogen) atoms. The molecule has 0 aliphatic carbocycles. The first-order chi connectivity index (χ1) is 9.78. The Labute approximate surface area is 133 Å². The van der Waals surface area contributed by atoms with Crippen LogP contribution < -0.4 is 5.73 Å². The number of rotatable bonds is 1. The summed E-state index contributed by atoms with van der Waals surface area (Å²) in [6, 6.07) is 5.39. The van der Waals surface area contributed by atoms with Gasteiger partial charge in [-0.15, -0.1) is 0 Å². The van der Waals surface area contributed by atoms with Crippen LogP contribution in [0, 0.1) is 0 Å². The monoisotopic (exact) mass is 356 g/mol. The lowest BCUT2D eigenvalue weighted by molar-refractivity contribution is -0.0332. The molecule has 1 saturated heterocycles. The normalized spacial score (nSPS) is 19.4. The van der Waals surface area contributed by atoms with E-state index in [0.717, 1.165) is 10.0 Å². The highest BCUT2D eigenvalue weighted by Crippen LogP contribution is 2.32. The molecule has 1 aliphatic heterocycles. The number of carbonyl (C=O) groups excluding carboxylic acids is 1. The van der Waals surface area contributed by atoms with Gasteiger partial charge in [-0.2, -0.15) is 0 Å². The largest absolute Gasteiger partial charge is 0.444 e. The fraction of sp³-hybridized carbons (Fsp3) is 0.533. The number of halogens is 1. The van der Waals surface area contributed by atoms with E-state index in [2.05, 4.69) is 15.9 Å². The molecule has 2 N–H and O–H groups in total. The number of nitrogens with two attached hydrogens (primary N) is 1. The molecular weight excluding hydrogens is 336 g/mol. The number of hydrogen-bond donors (Lipinski definition) is 1. The van der Waals surface area contributed by atoms with Gasteiger partial charge in [-0.1, -0.05) is 22.0 Å². The van der Waals surface area contributed by atoms with Crippen molar-refractivity contribution in [1.82, 2.24) is 4.90 Å². The van der Waals surface area contributed by atoms with Crippen LogP contribution in [0.5, 0.6) is 0 Å². The second-order valence-corrected chi connectivity index (χ2v) is 6.90. The third-order valence-electron chi connectivity index (χ3n) is 3.14. The molecule has 1 heterocycles. The van der Waals surface area contributed by atoms with E-state index in [4.69, 9.17) is 15.2 Å². The molecule has 0 aromatic heterocycles. The molecule has 1 amide bonds. The second-order valence-electron chi connectivity index (χ2n) is 6.05. The van der Waals surface area contributed by atoms with E-state index in [-0.39, 0.29) is 12.1 Å². The zero-order valence-corrected chi connectivity index (χ0v) is 14.1. The summed E-state index contributed by atoms with van der Waals surface area (Å²) in [5, 5.41) is 0. The lowest BCUT2D eigenvalue weighted by Gasteiger charge is -2.37. The van der Waals surface area contributed by atoms with Crippen LogP contribution in [0.2, 0.25) is 0 Å². The van der Waals surface area contributed by atoms with Crippen LogP contribution >= 0.6 is 15.9 Å². The molecule has 6 heteroatoms. The summed E-state index contributed by atoms with van der Waals surface area (Å²) >= 11 is 3.51. The average Bonchev–Trinajstić information content (AvgIpc) is 2.37. The van der Waals surface area contributed by atoms with Crippen LogP contribution in [-0.2, 0) is 9.47 Å². The minimum Gasteiger partial charge on any atom is -0.444 e. The van der Waals surface area contributed by atoms with Crippen molar-refractivity contribution in [2.45, 2.75) is 32.4 Å². The summed E-state index contributed by atoms with van der Waals surface area (Å²) in [6.45, 7) is 7.05. The molecule has 0 radical (unpaired) electrons. The van der Waals surface area contributed by atoms with Crippen molar-refractivity contribution in [2.75, 3.05) is 25.5 Å². The van der Waals surface area contributed by atoms with Crippen molar-refractivity contribution in [3.05, 3.63) is 28.2 Å². The highest BCUT2D eigenvalue weighted by Gasteiger charge is 2.32. The molecule has 1 atom stereocenters. The minimum atomic E-state index is -0.516. The lowest BCUT2D eigenvalue weighted by Crippen LogP contribution is -2.45. The smallest absolute Gasteiger partial charge is 0.410 e. The Morgan fingerprint density at radius 3 is 2.81 bits per heavy atom. The van der Waals surface area contributed by atoms with Crippen molar-refractivity contribution < 1.29 is 14.3 Å². The van der Waals surface area contributed by atoms with Gasteiger partial charge in [0.1, 0.15) is 5.60 Å². The summed E-state index contributed by atoms with van der Waals surface area (Å²) in [5.74, 6) is 0. The zero-order chi connectivity index (χ0) is 15.6. The maximum absolute atomic E-state index is 12.4. The highest BCUT2D eigenvalue weighted by molar-refractivity contribution is 9.10. The van der Waals surface area contributed by atoms with Crippen molar-refractivity contribution in [1.29, 1.82) is 0 Å². The first-order valence-electron chi connectivity index (χ1n) is 6.90. The molecule has 0 spiro atoms. The van der Waals surface area contributed by atoms with Crippen LogP contribution in [0.1, 0.15) is 32.4 Å². The third kappa shape index (κ3) is 4.11. The number of nitrogens with zero attached hydrogens (tertiary/aromatic N) is 1. The van der Waals surface area contributed by atoms with Crippen LogP contribution in [0.25, 0.3) is 0 Å². The molecule has 1 fully saturated rings. The van der Waals surface area contributed by atoms with Gasteiger partial charge in [0.2, 0.25) is 0 Å². The summed E-state index contributed by atoms with van der Waals surface area (Å²) in [6.07, 6.45) is -0.320. The standard InChI is InChI=1S/C15H21BrN2O3/c1-15(2,3)21-14(19)18-6-7-20-9-13(18)11-5-4-10(17)8-12(11)16/h4-5,8,13H,6-7,9,17H2,1-3H3/t13-/m0/s1. The first kappa shape index (κ1) is 16.1. The van der Waals surface area contributed by atoms with E-state index in [1.165, 1.54) is 0 Å². The summed E-state index contributed by atoms with van der Waals surface area (Å²) in [5.41, 5.74) is 6.89. The van der Waals surface area contributed by atoms with Crippen molar-refractivity contribution in [3.63, 3.8) is 0 Å².